The third-order valence-corrected chi connectivity index (χ3v) is 13.0. The monoisotopic (exact) mass is 899 g/mol. The molecule has 70 heavy (non-hydrogen) atoms. The molecule has 328 valence electrons. The maximum Gasteiger partial charge on any atom is 1.00 e. The van der Waals surface area contributed by atoms with E-state index in [1.165, 1.54) is 0 Å². The van der Waals surface area contributed by atoms with Crippen molar-refractivity contribution in [1.29, 1.82) is 0 Å². The van der Waals surface area contributed by atoms with Gasteiger partial charge in [-0.2, -0.15) is 0 Å². The molecule has 0 saturated carbocycles. The van der Waals surface area contributed by atoms with Crippen LogP contribution in [0.15, 0.2) is 223 Å². The summed E-state index contributed by atoms with van der Waals surface area (Å²) in [6.07, 6.45) is 4.07. The third-order valence-electron chi connectivity index (χ3n) is 13.0. The topological polar surface area (TPSA) is 151 Å². The summed E-state index contributed by atoms with van der Waals surface area (Å²) in [7, 11) is 0. The van der Waals surface area contributed by atoms with Gasteiger partial charge in [-0.05, 0) is 78.9 Å². The van der Waals surface area contributed by atoms with E-state index in [0.29, 0.717) is 0 Å². The van der Waals surface area contributed by atoms with Crippen LogP contribution >= 0.6 is 0 Å². The van der Waals surface area contributed by atoms with Gasteiger partial charge in [-0.15, -0.1) is 0 Å². The van der Waals surface area contributed by atoms with Crippen molar-refractivity contribution < 1.29 is 58.8 Å². The van der Waals surface area contributed by atoms with E-state index in [1.807, 2.05) is 85.2 Å². The van der Waals surface area contributed by atoms with Crippen LogP contribution in [0.2, 0.25) is 0 Å². The van der Waals surface area contributed by atoms with Crippen LogP contribution in [0.5, 0.6) is 5.75 Å². The molecule has 0 aliphatic carbocycles. The normalized spacial score (nSPS) is 11.1. The van der Waals surface area contributed by atoms with Gasteiger partial charge in [0.05, 0.1) is 49.4 Å². The van der Waals surface area contributed by atoms with Crippen LogP contribution in [0.1, 0.15) is 0 Å². The standard InChI is InChI=1S/2C29H19N3O.2Li.2H2O/c2*33-25-17-9-16-23-27(25)28-29(32(23)20-12-5-2-6-13-20)26-21-14-7-8-15-22(21)31(24(26)18-30-28)19-10-3-1-4-11-19;;;;/h1-18,33H;1-18,30H;;;2*1H2/q;;2*+1;;/p-1. The number of benzene rings is 8. The average Bonchev–Trinajstić information content (AvgIpc) is 4.11. The third kappa shape index (κ3) is 7.05. The number of para-hydroxylation sites is 6. The minimum Gasteiger partial charge on any atom is -0.872 e. The van der Waals surface area contributed by atoms with E-state index in [9.17, 15) is 9.90 Å². The summed E-state index contributed by atoms with van der Waals surface area (Å²) >= 11 is 0. The van der Waals surface area contributed by atoms with Gasteiger partial charge < -0.3 is 39.3 Å². The number of aromatic amines is 2. The summed E-state index contributed by atoms with van der Waals surface area (Å²) in [6.45, 7) is 0. The molecule has 0 atom stereocenters. The number of hydrogen-bond donors (Lipinski definition) is 1. The molecule has 14 aromatic rings. The fourth-order valence-corrected chi connectivity index (χ4v) is 10.3. The molecule has 5 N–H and O–H groups in total. The number of fused-ring (bicyclic) bond motifs is 14. The Morgan fingerprint density at radius 3 is 1.36 bits per heavy atom. The van der Waals surface area contributed by atoms with Crippen LogP contribution in [0.4, 0.5) is 0 Å². The van der Waals surface area contributed by atoms with E-state index >= 15 is 0 Å². The number of rotatable bonds is 4. The van der Waals surface area contributed by atoms with Crippen molar-refractivity contribution in [3.8, 4) is 28.5 Å². The Bertz CT molecular complexity index is 4260. The molecule has 0 radical (unpaired) electrons. The Morgan fingerprint density at radius 2 is 0.814 bits per heavy atom. The minimum atomic E-state index is 0. The zero-order chi connectivity index (χ0) is 43.9. The fraction of sp³-hybridized carbons (Fsp3) is 0. The zero-order valence-corrected chi connectivity index (χ0v) is 38.3. The van der Waals surface area contributed by atoms with Crippen molar-refractivity contribution in [3.63, 3.8) is 0 Å². The molecule has 0 fully saturated rings. The van der Waals surface area contributed by atoms with Crippen molar-refractivity contribution >= 4 is 87.5 Å². The van der Waals surface area contributed by atoms with Gasteiger partial charge in [0.25, 0.3) is 0 Å². The first kappa shape index (κ1) is 47.1. The van der Waals surface area contributed by atoms with Crippen LogP contribution in [0.25, 0.3) is 110 Å². The largest absolute Gasteiger partial charge is 1.00 e. The molecule has 0 bridgehead atoms. The number of nitrogens with one attached hydrogen (secondary N) is 2. The molecule has 6 aromatic heterocycles. The van der Waals surface area contributed by atoms with Crippen molar-refractivity contribution in [2.24, 2.45) is 0 Å². The Labute approximate surface area is 424 Å². The first-order valence-electron chi connectivity index (χ1n) is 22.0. The number of pyridine rings is 2. The van der Waals surface area contributed by atoms with Crippen molar-refractivity contribution in [3.05, 3.63) is 229 Å². The van der Waals surface area contributed by atoms with Gasteiger partial charge in [-0.1, -0.05) is 133 Å². The molecule has 0 aliphatic heterocycles. The zero-order valence-electron chi connectivity index (χ0n) is 38.3. The fourth-order valence-electron chi connectivity index (χ4n) is 10.3. The van der Waals surface area contributed by atoms with E-state index < -0.39 is 0 Å². The van der Waals surface area contributed by atoms with Gasteiger partial charge in [-0.3, -0.25) is 4.79 Å². The molecule has 6 heterocycles. The number of nitrogens with zero attached hydrogens (tertiary/aromatic N) is 4. The van der Waals surface area contributed by atoms with Crippen molar-refractivity contribution in [2.75, 3.05) is 0 Å². The second kappa shape index (κ2) is 18.8. The summed E-state index contributed by atoms with van der Waals surface area (Å²) in [5.74, 6) is 0.0228. The van der Waals surface area contributed by atoms with Crippen LogP contribution in [-0.4, -0.2) is 34.2 Å². The average molecular weight is 900 g/mol. The van der Waals surface area contributed by atoms with Gasteiger partial charge in [-0.25, -0.2) is 4.98 Å². The van der Waals surface area contributed by atoms with Crippen molar-refractivity contribution in [1.82, 2.24) is 23.3 Å². The van der Waals surface area contributed by atoms with E-state index in [1.54, 1.807) is 12.1 Å². The van der Waals surface area contributed by atoms with Crippen LogP contribution < -0.4 is 53.2 Å². The quantitative estimate of drug-likeness (QED) is 0.238. The molecule has 0 aliphatic rings. The van der Waals surface area contributed by atoms with Gasteiger partial charge in [0.1, 0.15) is 11.0 Å². The summed E-state index contributed by atoms with van der Waals surface area (Å²) in [5.41, 5.74) is 14.3. The molecule has 0 amide bonds. The Hall–Kier alpha value is -8.03. The first-order chi connectivity index (χ1) is 32.7. The predicted octanol–water partition coefficient (Wildman–Crippen LogP) is 5.34. The Balaban J connectivity index is 0.000000164. The van der Waals surface area contributed by atoms with Crippen molar-refractivity contribution in [2.45, 2.75) is 0 Å². The summed E-state index contributed by atoms with van der Waals surface area (Å²) in [6, 6.07) is 69.3. The van der Waals surface area contributed by atoms with E-state index in [-0.39, 0.29) is 59.9 Å². The summed E-state index contributed by atoms with van der Waals surface area (Å²) in [4.78, 5) is 20.0. The Kier molecular flexibility index (Phi) is 12.6. The predicted molar refractivity (Wildman–Crippen MR) is 272 cm³/mol. The molecular weight excluding hydrogens is 859 g/mol. The minimum absolute atomic E-state index is 0. The molecular formula is C58H41Li2N6O4+. The molecule has 8 aromatic carbocycles. The van der Waals surface area contributed by atoms with Crippen LogP contribution in [0, 0.1) is 0 Å². The van der Waals surface area contributed by atoms with Gasteiger partial charge >= 0.3 is 37.7 Å². The molecule has 0 unspecified atom stereocenters. The van der Waals surface area contributed by atoms with Gasteiger partial charge in [0.15, 0.2) is 11.6 Å². The van der Waals surface area contributed by atoms with Gasteiger partial charge in [0.2, 0.25) is 5.52 Å². The van der Waals surface area contributed by atoms with E-state index in [0.717, 1.165) is 110 Å². The molecule has 0 spiro atoms. The first-order valence-corrected chi connectivity index (χ1v) is 22.0. The molecule has 14 rings (SSSR count). The Morgan fingerprint density at radius 1 is 0.400 bits per heavy atom. The van der Waals surface area contributed by atoms with E-state index in [2.05, 4.69) is 150 Å². The number of H-pyrrole nitrogens is 2. The molecule has 10 nitrogen and oxygen atoms in total. The second-order valence-electron chi connectivity index (χ2n) is 16.6. The van der Waals surface area contributed by atoms with Crippen LogP contribution in [-0.2, 0) is 0 Å². The maximum absolute atomic E-state index is 13.0. The second-order valence-corrected chi connectivity index (χ2v) is 16.6. The van der Waals surface area contributed by atoms with E-state index in [4.69, 9.17) is 0 Å². The number of hydrogen-bond acceptors (Lipinski definition) is 3. The van der Waals surface area contributed by atoms with Crippen LogP contribution in [0.3, 0.4) is 0 Å². The smallest absolute Gasteiger partial charge is 0.872 e. The summed E-state index contributed by atoms with van der Waals surface area (Å²) < 4.78 is 9.00. The SMILES string of the molecule is O.O=c1cccc2c1c1[nH]cc3c(c4ccccc4n3-c3ccccc3)c1n2-c1ccccc1.[Li+].[Li+].[O-]c1cccc2c1c1[nH+]cc3c(c4ccccc4n3-c3ccccc3)c1n2-c1ccccc1.[OH-]. The molecule has 0 saturated heterocycles. The maximum atomic E-state index is 13.0. The number of aromatic nitrogens is 6. The summed E-state index contributed by atoms with van der Waals surface area (Å²) in [5, 5.41) is 19.0. The molecule has 12 heteroatoms. The van der Waals surface area contributed by atoms with Gasteiger partial charge in [0, 0.05) is 50.5 Å².